The normalized spacial score (nSPS) is 14.3. The fourth-order valence-electron chi connectivity index (χ4n) is 2.08. The molecule has 2 aromatic rings. The molecule has 3 rings (SSSR count). The molecule has 0 saturated heterocycles. The highest BCUT2D eigenvalue weighted by molar-refractivity contribution is 7.98. The van der Waals surface area contributed by atoms with E-state index in [-0.39, 0.29) is 11.5 Å². The van der Waals surface area contributed by atoms with Crippen molar-refractivity contribution in [2.24, 2.45) is 5.10 Å². The van der Waals surface area contributed by atoms with Crippen LogP contribution in [0.4, 0.5) is 8.78 Å². The number of amides is 2. The van der Waals surface area contributed by atoms with Gasteiger partial charge in [-0.15, -0.1) is 0 Å². The van der Waals surface area contributed by atoms with Crippen molar-refractivity contribution >= 4 is 29.8 Å². The molecule has 1 aromatic heterocycles. The largest absolute Gasteiger partial charge is 0.459 e. The van der Waals surface area contributed by atoms with Gasteiger partial charge in [0.25, 0.3) is 17.6 Å². The first-order chi connectivity index (χ1) is 11.1. The molecule has 0 bridgehead atoms. The summed E-state index contributed by atoms with van der Waals surface area (Å²) in [6.07, 6.45) is 1.21. The number of rotatable bonds is 5. The Hall–Kier alpha value is -2.48. The molecule has 118 valence electrons. The summed E-state index contributed by atoms with van der Waals surface area (Å²) in [7, 11) is 0. The van der Waals surface area contributed by atoms with Crippen LogP contribution in [0.2, 0.25) is 0 Å². The summed E-state index contributed by atoms with van der Waals surface area (Å²) in [5.74, 6) is -2.84. The minimum absolute atomic E-state index is 0.0263. The van der Waals surface area contributed by atoms with Crippen molar-refractivity contribution in [2.75, 3.05) is 0 Å². The molecule has 0 saturated carbocycles. The quantitative estimate of drug-likeness (QED) is 0.620. The lowest BCUT2D eigenvalue weighted by Crippen LogP contribution is -2.23. The van der Waals surface area contributed by atoms with Crippen molar-refractivity contribution in [2.45, 2.75) is 11.5 Å². The van der Waals surface area contributed by atoms with Crippen LogP contribution in [0.25, 0.3) is 0 Å². The predicted octanol–water partition coefficient (Wildman–Crippen LogP) is 3.37. The maximum Gasteiger partial charge on any atom is 0.284 e. The van der Waals surface area contributed by atoms with E-state index in [0.717, 1.165) is 5.01 Å². The van der Waals surface area contributed by atoms with Crippen LogP contribution in [0.1, 0.15) is 32.2 Å². The molecule has 0 fully saturated rings. The van der Waals surface area contributed by atoms with Gasteiger partial charge in [-0.2, -0.15) is 18.9 Å². The molecule has 0 aliphatic carbocycles. The summed E-state index contributed by atoms with van der Waals surface area (Å²) in [5.41, 5.74) is 0.589. The molecule has 1 aliphatic rings. The zero-order valence-electron chi connectivity index (χ0n) is 11.6. The Morgan fingerprint density at radius 2 is 1.78 bits per heavy atom. The summed E-state index contributed by atoms with van der Waals surface area (Å²) in [4.78, 5) is 24.2. The second-order valence-corrected chi connectivity index (χ2v) is 5.57. The monoisotopic (exact) mass is 336 g/mol. The topological polar surface area (TPSA) is 62.9 Å². The lowest BCUT2D eigenvalue weighted by molar-refractivity contribution is 0.0660. The predicted molar refractivity (Wildman–Crippen MR) is 80.5 cm³/mol. The molecular weight excluding hydrogens is 326 g/mol. The smallest absolute Gasteiger partial charge is 0.284 e. The highest BCUT2D eigenvalue weighted by atomic mass is 32.2. The Kier molecular flexibility index (Phi) is 4.24. The van der Waals surface area contributed by atoms with Crippen molar-refractivity contribution in [1.29, 1.82) is 0 Å². The summed E-state index contributed by atoms with van der Waals surface area (Å²) in [6, 6.07) is 9.50. The molecule has 0 atom stereocenters. The molecule has 2 amide bonds. The third kappa shape index (κ3) is 3.16. The number of nitrogens with zero attached hydrogens (tertiary/aromatic N) is 2. The third-order valence-corrected chi connectivity index (χ3v) is 3.81. The van der Waals surface area contributed by atoms with E-state index in [0.29, 0.717) is 28.6 Å². The van der Waals surface area contributed by atoms with Crippen molar-refractivity contribution in [3.8, 4) is 0 Å². The number of carbonyl (C=O) groups excluding carboxylic acids is 2. The Bertz CT molecular complexity index is 754. The average molecular weight is 336 g/mol. The van der Waals surface area contributed by atoms with Gasteiger partial charge in [-0.05, 0) is 24.3 Å². The first-order valence-electron chi connectivity index (χ1n) is 6.56. The van der Waals surface area contributed by atoms with Gasteiger partial charge in [-0.1, -0.05) is 23.9 Å². The lowest BCUT2D eigenvalue weighted by Gasteiger charge is -2.04. The van der Waals surface area contributed by atoms with Crippen LogP contribution in [0.3, 0.4) is 0 Å². The molecule has 8 heteroatoms. The molecule has 23 heavy (non-hydrogen) atoms. The SMILES string of the molecule is O=C1c2ccccc2C(=O)N1/N=C\c1ccc(CSC(F)F)o1. The van der Waals surface area contributed by atoms with Crippen molar-refractivity contribution in [1.82, 2.24) is 5.01 Å². The minimum atomic E-state index is -2.48. The Morgan fingerprint density at radius 1 is 1.13 bits per heavy atom. The van der Waals surface area contributed by atoms with E-state index in [1.54, 1.807) is 30.3 Å². The number of thioether (sulfide) groups is 1. The fraction of sp³-hybridized carbons (Fsp3) is 0.133. The standard InChI is InChI=1S/C15H10F2N2O3S/c16-15(17)23-8-10-6-5-9(22-10)7-18-19-13(20)11-3-1-2-4-12(11)14(19)21/h1-7,15H,8H2/b18-7-. The van der Waals surface area contributed by atoms with Crippen LogP contribution >= 0.6 is 11.8 Å². The molecule has 5 nitrogen and oxygen atoms in total. The Labute approximate surface area is 134 Å². The number of halogens is 2. The number of benzene rings is 1. The summed E-state index contributed by atoms with van der Waals surface area (Å²) in [6.45, 7) is 0. The van der Waals surface area contributed by atoms with E-state index >= 15 is 0 Å². The minimum Gasteiger partial charge on any atom is -0.459 e. The molecule has 1 aromatic carbocycles. The van der Waals surface area contributed by atoms with Crippen molar-refractivity contribution in [3.63, 3.8) is 0 Å². The molecule has 1 aliphatic heterocycles. The van der Waals surface area contributed by atoms with Crippen LogP contribution in [-0.2, 0) is 5.75 Å². The van der Waals surface area contributed by atoms with Gasteiger partial charge in [0.1, 0.15) is 11.5 Å². The first kappa shape index (κ1) is 15.4. The highest BCUT2D eigenvalue weighted by Gasteiger charge is 2.35. The first-order valence-corrected chi connectivity index (χ1v) is 7.61. The summed E-state index contributed by atoms with van der Waals surface area (Å²) < 4.78 is 29.5. The van der Waals surface area contributed by atoms with Gasteiger partial charge >= 0.3 is 0 Å². The van der Waals surface area contributed by atoms with Gasteiger partial charge in [0.2, 0.25) is 0 Å². The number of hydrogen-bond donors (Lipinski definition) is 0. The number of alkyl halides is 2. The highest BCUT2D eigenvalue weighted by Crippen LogP contribution is 2.23. The van der Waals surface area contributed by atoms with Gasteiger partial charge in [0.05, 0.1) is 23.1 Å². The maximum atomic E-state index is 12.1. The van der Waals surface area contributed by atoms with Crippen LogP contribution in [0, 0.1) is 0 Å². The van der Waals surface area contributed by atoms with E-state index in [9.17, 15) is 18.4 Å². The molecule has 0 N–H and O–H groups in total. The number of imide groups is 1. The van der Waals surface area contributed by atoms with Gasteiger partial charge in [-0.25, -0.2) is 0 Å². The number of hydrogen-bond acceptors (Lipinski definition) is 5. The van der Waals surface area contributed by atoms with Crippen molar-refractivity contribution in [3.05, 3.63) is 59.0 Å². The summed E-state index contributed by atoms with van der Waals surface area (Å²) in [5, 5.41) is 4.59. The van der Waals surface area contributed by atoms with Gasteiger partial charge in [0.15, 0.2) is 0 Å². The summed E-state index contributed by atoms with van der Waals surface area (Å²) >= 11 is 0.443. The number of hydrazone groups is 1. The zero-order valence-corrected chi connectivity index (χ0v) is 12.4. The Morgan fingerprint density at radius 3 is 2.39 bits per heavy atom. The average Bonchev–Trinajstić information content (AvgIpc) is 3.09. The lowest BCUT2D eigenvalue weighted by atomic mass is 10.1. The Balaban J connectivity index is 1.72. The molecule has 0 unspecified atom stereocenters. The molecular formula is C15H10F2N2O3S. The van der Waals surface area contributed by atoms with E-state index < -0.39 is 17.6 Å². The second-order valence-electron chi connectivity index (χ2n) is 4.59. The van der Waals surface area contributed by atoms with Crippen molar-refractivity contribution < 1.29 is 22.8 Å². The van der Waals surface area contributed by atoms with E-state index in [1.165, 1.54) is 12.3 Å². The third-order valence-electron chi connectivity index (χ3n) is 3.11. The van der Waals surface area contributed by atoms with Crippen LogP contribution in [-0.4, -0.2) is 28.8 Å². The van der Waals surface area contributed by atoms with Gasteiger partial charge in [0, 0.05) is 0 Å². The number of carbonyl (C=O) groups is 2. The van der Waals surface area contributed by atoms with Crippen LogP contribution in [0.15, 0.2) is 45.9 Å². The maximum absolute atomic E-state index is 12.1. The molecule has 0 spiro atoms. The van der Waals surface area contributed by atoms with E-state index in [1.807, 2.05) is 0 Å². The van der Waals surface area contributed by atoms with E-state index in [2.05, 4.69) is 5.10 Å². The van der Waals surface area contributed by atoms with Crippen LogP contribution in [0.5, 0.6) is 0 Å². The molecule has 2 heterocycles. The number of furan rings is 1. The second kappa shape index (κ2) is 6.33. The van der Waals surface area contributed by atoms with Gasteiger partial charge in [-0.3, -0.25) is 9.59 Å². The van der Waals surface area contributed by atoms with Gasteiger partial charge < -0.3 is 4.42 Å². The molecule has 0 radical (unpaired) electrons. The number of fused-ring (bicyclic) bond motifs is 1. The van der Waals surface area contributed by atoms with E-state index in [4.69, 9.17) is 4.42 Å². The zero-order chi connectivity index (χ0) is 16.4. The van der Waals surface area contributed by atoms with Crippen LogP contribution < -0.4 is 0 Å². The fourth-order valence-corrected chi connectivity index (χ4v) is 2.53.